The third-order valence-electron chi connectivity index (χ3n) is 5.76. The molecule has 0 bridgehead atoms. The summed E-state index contributed by atoms with van der Waals surface area (Å²) in [6.07, 6.45) is 5.90. The first-order valence-corrected chi connectivity index (χ1v) is 12.1. The summed E-state index contributed by atoms with van der Waals surface area (Å²) in [6, 6.07) is 11.9. The molecule has 174 valence electrons. The number of aromatic nitrogens is 3. The van der Waals surface area contributed by atoms with Gasteiger partial charge in [0.05, 0.1) is 12.0 Å². The number of carbonyl (C=O) groups excluding carboxylic acids is 2. The molecular formula is C24H29N5O3S. The van der Waals surface area contributed by atoms with Gasteiger partial charge >= 0.3 is 5.91 Å². The first kappa shape index (κ1) is 23.1. The number of furan rings is 1. The molecule has 0 radical (unpaired) electrons. The second kappa shape index (κ2) is 9.82. The molecule has 1 saturated carbocycles. The third-order valence-corrected chi connectivity index (χ3v) is 6.70. The van der Waals surface area contributed by atoms with E-state index in [1.165, 1.54) is 42.5 Å². The van der Waals surface area contributed by atoms with Crippen LogP contribution >= 0.6 is 11.8 Å². The lowest BCUT2D eigenvalue weighted by Gasteiger charge is -2.20. The number of rotatable bonds is 6. The highest BCUT2D eigenvalue weighted by Crippen LogP contribution is 2.37. The summed E-state index contributed by atoms with van der Waals surface area (Å²) in [4.78, 5) is 24.2. The van der Waals surface area contributed by atoms with Crippen LogP contribution in [0, 0.1) is 0 Å². The average Bonchev–Trinajstić information content (AvgIpc) is 3.56. The molecule has 1 aliphatic rings. The van der Waals surface area contributed by atoms with Crippen LogP contribution in [-0.2, 0) is 10.2 Å². The van der Waals surface area contributed by atoms with Gasteiger partial charge < -0.3 is 4.42 Å². The third kappa shape index (κ3) is 5.47. The van der Waals surface area contributed by atoms with Crippen LogP contribution in [0.15, 0.2) is 52.2 Å². The van der Waals surface area contributed by atoms with Crippen molar-refractivity contribution in [1.29, 1.82) is 0 Å². The molecule has 2 amide bonds. The van der Waals surface area contributed by atoms with E-state index in [0.717, 1.165) is 24.2 Å². The summed E-state index contributed by atoms with van der Waals surface area (Å²) < 4.78 is 7.19. The van der Waals surface area contributed by atoms with E-state index < -0.39 is 5.91 Å². The summed E-state index contributed by atoms with van der Waals surface area (Å²) in [5.74, 6) is 0.222. The Bertz CT molecular complexity index is 1090. The zero-order valence-electron chi connectivity index (χ0n) is 19.1. The molecule has 0 saturated heterocycles. The quantitative estimate of drug-likeness (QED) is 0.409. The van der Waals surface area contributed by atoms with Gasteiger partial charge in [-0.05, 0) is 36.0 Å². The molecule has 4 rings (SSSR count). The van der Waals surface area contributed by atoms with Crippen LogP contribution in [0.4, 0.5) is 0 Å². The zero-order valence-corrected chi connectivity index (χ0v) is 19.9. The van der Waals surface area contributed by atoms with Gasteiger partial charge in [-0.2, -0.15) is 0 Å². The monoisotopic (exact) mass is 467 g/mol. The fourth-order valence-corrected chi connectivity index (χ4v) is 4.75. The molecule has 1 fully saturated rings. The van der Waals surface area contributed by atoms with Crippen LogP contribution in [0.5, 0.6) is 0 Å². The van der Waals surface area contributed by atoms with Gasteiger partial charge in [0, 0.05) is 11.6 Å². The molecule has 3 aromatic rings. The Morgan fingerprint density at radius 1 is 1.09 bits per heavy atom. The minimum absolute atomic E-state index is 0.0817. The van der Waals surface area contributed by atoms with Gasteiger partial charge in [0.25, 0.3) is 0 Å². The van der Waals surface area contributed by atoms with E-state index in [0.29, 0.717) is 11.2 Å². The molecular weight excluding hydrogens is 438 g/mol. The molecule has 0 unspecified atom stereocenters. The van der Waals surface area contributed by atoms with Crippen LogP contribution in [-0.4, -0.2) is 32.3 Å². The van der Waals surface area contributed by atoms with Crippen molar-refractivity contribution in [2.45, 2.75) is 63.1 Å². The average molecular weight is 468 g/mol. The fourth-order valence-electron chi connectivity index (χ4n) is 3.95. The van der Waals surface area contributed by atoms with Crippen LogP contribution in [0.2, 0.25) is 0 Å². The topological polar surface area (TPSA) is 102 Å². The molecule has 1 aliphatic carbocycles. The van der Waals surface area contributed by atoms with Gasteiger partial charge in [-0.15, -0.1) is 10.2 Å². The van der Waals surface area contributed by atoms with Crippen molar-refractivity contribution in [3.63, 3.8) is 0 Å². The van der Waals surface area contributed by atoms with E-state index in [1.54, 1.807) is 6.07 Å². The van der Waals surface area contributed by atoms with Crippen LogP contribution in [0.25, 0.3) is 11.4 Å². The Labute approximate surface area is 197 Å². The van der Waals surface area contributed by atoms with E-state index in [1.807, 2.05) is 0 Å². The number of thioether (sulfide) groups is 1. The molecule has 0 aliphatic heterocycles. The number of carbonyl (C=O) groups is 2. The summed E-state index contributed by atoms with van der Waals surface area (Å²) in [5.41, 5.74) is 7.13. The summed E-state index contributed by atoms with van der Waals surface area (Å²) in [5, 5.41) is 9.61. The lowest BCUT2D eigenvalue weighted by Crippen LogP contribution is -2.42. The van der Waals surface area contributed by atoms with E-state index in [-0.39, 0.29) is 22.8 Å². The number of nitrogens with one attached hydrogen (secondary N) is 2. The first-order chi connectivity index (χ1) is 15.8. The largest absolute Gasteiger partial charge is 0.459 e. The van der Waals surface area contributed by atoms with Gasteiger partial charge in [0.2, 0.25) is 5.91 Å². The Morgan fingerprint density at radius 3 is 2.45 bits per heavy atom. The Morgan fingerprint density at radius 2 is 1.82 bits per heavy atom. The first-order valence-electron chi connectivity index (χ1n) is 11.1. The summed E-state index contributed by atoms with van der Waals surface area (Å²) in [7, 11) is 0. The summed E-state index contributed by atoms with van der Waals surface area (Å²) in [6.45, 7) is 6.58. The van der Waals surface area contributed by atoms with E-state index in [4.69, 9.17) is 4.42 Å². The van der Waals surface area contributed by atoms with Crippen LogP contribution in [0.3, 0.4) is 0 Å². The molecule has 8 nitrogen and oxygen atoms in total. The highest BCUT2D eigenvalue weighted by atomic mass is 32.2. The maximum absolute atomic E-state index is 12.3. The molecule has 0 spiro atoms. The molecule has 9 heteroatoms. The number of benzene rings is 1. The Balaban J connectivity index is 1.46. The predicted molar refractivity (Wildman–Crippen MR) is 127 cm³/mol. The van der Waals surface area contributed by atoms with Gasteiger partial charge in [-0.25, -0.2) is 0 Å². The minimum atomic E-state index is -0.506. The number of hydrogen-bond acceptors (Lipinski definition) is 6. The standard InChI is InChI=1S/C24H29N5O3S/c1-24(2,3)17-12-10-16(11-13-17)21-26-28-23(29(21)18-7-4-5-8-18)33-15-20(30)25-27-22(31)19-9-6-14-32-19/h6,9-14,18H,4-5,7-8,15H2,1-3H3,(H,25,30)(H,27,31). The van der Waals surface area contributed by atoms with Gasteiger partial charge in [0.15, 0.2) is 16.7 Å². The van der Waals surface area contributed by atoms with Gasteiger partial charge in [-0.1, -0.05) is 69.6 Å². The smallest absolute Gasteiger partial charge is 0.305 e. The normalized spacial score (nSPS) is 14.4. The SMILES string of the molecule is CC(C)(C)c1ccc(-c2nnc(SCC(=O)NNC(=O)c3ccco3)n2C2CCCC2)cc1. The van der Waals surface area contributed by atoms with E-state index in [2.05, 4.69) is 70.7 Å². The second-order valence-corrected chi connectivity index (χ2v) is 10.2. The zero-order chi connectivity index (χ0) is 23.4. The lowest BCUT2D eigenvalue weighted by atomic mass is 9.86. The van der Waals surface area contributed by atoms with Gasteiger partial charge in [0.1, 0.15) is 0 Å². The highest BCUT2D eigenvalue weighted by molar-refractivity contribution is 7.99. The van der Waals surface area contributed by atoms with Crippen molar-refractivity contribution in [1.82, 2.24) is 25.6 Å². The molecule has 2 N–H and O–H groups in total. The predicted octanol–water partition coefficient (Wildman–Crippen LogP) is 4.50. The van der Waals surface area contributed by atoms with E-state index >= 15 is 0 Å². The van der Waals surface area contributed by atoms with Crippen LogP contribution < -0.4 is 10.9 Å². The Kier molecular flexibility index (Phi) is 6.88. The lowest BCUT2D eigenvalue weighted by molar-refractivity contribution is -0.119. The number of hydrogen-bond donors (Lipinski definition) is 2. The number of hydrazine groups is 1. The minimum Gasteiger partial charge on any atom is -0.459 e. The van der Waals surface area contributed by atoms with Crippen molar-refractivity contribution >= 4 is 23.6 Å². The fraction of sp³-hybridized carbons (Fsp3) is 0.417. The molecule has 0 atom stereocenters. The van der Waals surface area contributed by atoms with E-state index in [9.17, 15) is 9.59 Å². The molecule has 1 aromatic carbocycles. The van der Waals surface area contributed by atoms with Crippen molar-refractivity contribution < 1.29 is 14.0 Å². The maximum atomic E-state index is 12.3. The molecule has 2 aromatic heterocycles. The summed E-state index contributed by atoms with van der Waals surface area (Å²) >= 11 is 1.32. The van der Waals surface area contributed by atoms with Crippen molar-refractivity contribution in [2.75, 3.05) is 5.75 Å². The number of amides is 2. The van der Waals surface area contributed by atoms with Crippen molar-refractivity contribution in [3.05, 3.63) is 54.0 Å². The van der Waals surface area contributed by atoms with Crippen molar-refractivity contribution in [2.24, 2.45) is 0 Å². The Hall–Kier alpha value is -3.07. The molecule has 2 heterocycles. The number of nitrogens with zero attached hydrogens (tertiary/aromatic N) is 3. The second-order valence-electron chi connectivity index (χ2n) is 9.21. The van der Waals surface area contributed by atoms with Crippen LogP contribution in [0.1, 0.15) is 68.6 Å². The van der Waals surface area contributed by atoms with Crippen molar-refractivity contribution in [3.8, 4) is 11.4 Å². The van der Waals surface area contributed by atoms with Gasteiger partial charge in [-0.3, -0.25) is 25.0 Å². The maximum Gasteiger partial charge on any atom is 0.305 e. The highest BCUT2D eigenvalue weighted by Gasteiger charge is 2.25. The molecule has 33 heavy (non-hydrogen) atoms.